The van der Waals surface area contributed by atoms with Crippen LogP contribution in [0.4, 0.5) is 0 Å². The first-order valence-corrected chi connectivity index (χ1v) is 34.9. The number of hydrogen-bond acceptors (Lipinski definition) is 5. The Balaban J connectivity index is 3.39. The van der Waals surface area contributed by atoms with Gasteiger partial charge in [-0.25, -0.2) is 0 Å². The first kappa shape index (κ1) is 74.6. The summed E-state index contributed by atoms with van der Waals surface area (Å²) in [5.41, 5.74) is 0. The molecule has 0 heterocycles. The maximum atomic E-state index is 12.6. The number of rotatable bonds is 66. The summed E-state index contributed by atoms with van der Waals surface area (Å²) in [6.45, 7) is 4.98. The van der Waals surface area contributed by atoms with Crippen LogP contribution >= 0.6 is 0 Å². The lowest BCUT2D eigenvalue weighted by Crippen LogP contribution is -2.45. The van der Waals surface area contributed by atoms with Crippen LogP contribution < -0.4 is 5.32 Å². The molecule has 0 radical (unpaired) electrons. The van der Waals surface area contributed by atoms with E-state index in [1.165, 1.54) is 321 Å². The first-order chi connectivity index (χ1) is 37.5. The predicted molar refractivity (Wildman–Crippen MR) is 333 cm³/mol. The quantitative estimate of drug-likeness (QED) is 0.0320. The smallest absolute Gasteiger partial charge is 0.305 e. The zero-order valence-electron chi connectivity index (χ0n) is 51.8. The number of unbranched alkanes of at least 4 members (excludes halogenated alkanes) is 53. The number of ether oxygens (including phenoxy) is 1. The van der Waals surface area contributed by atoms with Crippen molar-refractivity contribution in [2.45, 2.75) is 411 Å². The summed E-state index contributed by atoms with van der Waals surface area (Å²) in [6.07, 6.45) is 81.0. The summed E-state index contributed by atoms with van der Waals surface area (Å²) in [5.74, 6) is -0.0301. The van der Waals surface area contributed by atoms with Crippen molar-refractivity contribution in [2.24, 2.45) is 0 Å². The predicted octanol–water partition coefficient (Wildman–Crippen LogP) is 22.4. The first-order valence-electron chi connectivity index (χ1n) is 34.9. The van der Waals surface area contributed by atoms with Gasteiger partial charge in [-0.2, -0.15) is 0 Å². The van der Waals surface area contributed by atoms with E-state index in [9.17, 15) is 19.8 Å². The molecule has 0 saturated carbocycles. The van der Waals surface area contributed by atoms with Crippen molar-refractivity contribution in [2.75, 3.05) is 13.2 Å². The molecule has 0 aliphatic heterocycles. The molecule has 0 bridgehead atoms. The van der Waals surface area contributed by atoms with Crippen molar-refractivity contribution in [1.82, 2.24) is 5.32 Å². The molecular formula is C70H137NO5. The highest BCUT2D eigenvalue weighted by molar-refractivity contribution is 5.76. The maximum Gasteiger partial charge on any atom is 0.305 e. The van der Waals surface area contributed by atoms with Crippen molar-refractivity contribution in [3.63, 3.8) is 0 Å². The number of esters is 1. The van der Waals surface area contributed by atoms with Gasteiger partial charge < -0.3 is 20.3 Å². The van der Waals surface area contributed by atoms with Gasteiger partial charge in [0.1, 0.15) is 0 Å². The van der Waals surface area contributed by atoms with Gasteiger partial charge in [-0.1, -0.05) is 347 Å². The number of nitrogens with one attached hydrogen (secondary N) is 1. The van der Waals surface area contributed by atoms with Gasteiger partial charge in [0, 0.05) is 12.8 Å². The third kappa shape index (κ3) is 61.8. The average molecular weight is 1070 g/mol. The van der Waals surface area contributed by atoms with Gasteiger partial charge in [-0.3, -0.25) is 9.59 Å². The highest BCUT2D eigenvalue weighted by atomic mass is 16.5. The molecule has 0 aliphatic carbocycles. The molecule has 0 aromatic carbocycles. The van der Waals surface area contributed by atoms with E-state index in [4.69, 9.17) is 4.74 Å². The lowest BCUT2D eigenvalue weighted by Gasteiger charge is -2.22. The molecule has 0 aromatic rings. The van der Waals surface area contributed by atoms with Crippen molar-refractivity contribution in [3.8, 4) is 0 Å². The molecule has 1 amide bonds. The molecule has 3 N–H and O–H groups in total. The number of carbonyl (C=O) groups is 2. The molecule has 2 atom stereocenters. The van der Waals surface area contributed by atoms with E-state index in [2.05, 4.69) is 31.3 Å². The zero-order chi connectivity index (χ0) is 55.0. The fourth-order valence-corrected chi connectivity index (χ4v) is 11.2. The fourth-order valence-electron chi connectivity index (χ4n) is 11.2. The summed E-state index contributed by atoms with van der Waals surface area (Å²) in [4.78, 5) is 24.6. The molecule has 76 heavy (non-hydrogen) atoms. The highest BCUT2D eigenvalue weighted by Gasteiger charge is 2.20. The number of amides is 1. The minimum atomic E-state index is -0.668. The van der Waals surface area contributed by atoms with Gasteiger partial charge >= 0.3 is 5.97 Å². The minimum absolute atomic E-state index is 0.00259. The SMILES string of the molecule is CCCCCCCC/C=C\CCCCCCCC(=O)OCCCCCCCCCCCCCCCCCCCCCC(=O)NC(CO)C(O)CCCCCCCCCCCCCCCCCCCCCCCCCCC. The summed E-state index contributed by atoms with van der Waals surface area (Å²) in [6, 6.07) is -0.545. The molecule has 0 fully saturated rings. The van der Waals surface area contributed by atoms with Crippen molar-refractivity contribution in [3.05, 3.63) is 12.2 Å². The van der Waals surface area contributed by atoms with Crippen LogP contribution in [0.25, 0.3) is 0 Å². The monoisotopic (exact) mass is 1070 g/mol. The Kier molecular flexibility index (Phi) is 64.9. The zero-order valence-corrected chi connectivity index (χ0v) is 51.8. The van der Waals surface area contributed by atoms with Gasteiger partial charge in [0.2, 0.25) is 5.91 Å². The summed E-state index contributed by atoms with van der Waals surface area (Å²) < 4.78 is 5.49. The third-order valence-corrected chi connectivity index (χ3v) is 16.6. The van der Waals surface area contributed by atoms with Crippen LogP contribution in [0.1, 0.15) is 399 Å². The van der Waals surface area contributed by atoms with Crippen LogP contribution in [-0.2, 0) is 14.3 Å². The van der Waals surface area contributed by atoms with Crippen molar-refractivity contribution in [1.29, 1.82) is 0 Å². The molecule has 6 nitrogen and oxygen atoms in total. The molecule has 0 aromatic heterocycles. The summed E-state index contributed by atoms with van der Waals surface area (Å²) >= 11 is 0. The van der Waals surface area contributed by atoms with E-state index >= 15 is 0 Å². The van der Waals surface area contributed by atoms with E-state index in [1.54, 1.807) is 0 Å². The standard InChI is InChI=1S/C70H137NO5/c1-3-5-7-9-11-13-15-17-19-20-21-22-23-24-25-26-28-31-35-38-42-46-50-54-58-62-68(73)67(66-72)71-69(74)63-59-55-51-47-43-39-36-32-29-27-30-33-37-41-45-49-53-57-61-65-76-70(75)64-60-56-52-48-44-40-34-18-16-14-12-10-8-6-4-2/h18,34,67-68,72-73H,3-17,19-33,35-66H2,1-2H3,(H,71,74)/b34-18-. The maximum absolute atomic E-state index is 12.6. The molecular weight excluding hydrogens is 935 g/mol. The van der Waals surface area contributed by atoms with Gasteiger partial charge in [0.05, 0.1) is 25.4 Å². The van der Waals surface area contributed by atoms with E-state index < -0.39 is 12.1 Å². The summed E-state index contributed by atoms with van der Waals surface area (Å²) in [7, 11) is 0. The topological polar surface area (TPSA) is 95.9 Å². The Bertz CT molecular complexity index is 1140. The molecule has 2 unspecified atom stereocenters. The number of aliphatic hydroxyl groups excluding tert-OH is 2. The molecule has 0 rings (SSSR count). The lowest BCUT2D eigenvalue weighted by molar-refractivity contribution is -0.143. The molecule has 0 saturated heterocycles. The van der Waals surface area contributed by atoms with Crippen LogP contribution in [0, 0.1) is 0 Å². The number of hydrogen-bond donors (Lipinski definition) is 3. The average Bonchev–Trinajstić information content (AvgIpc) is 3.42. The van der Waals surface area contributed by atoms with E-state index in [0.29, 0.717) is 25.9 Å². The van der Waals surface area contributed by atoms with Crippen molar-refractivity contribution >= 4 is 11.9 Å². The Morgan fingerprint density at radius 2 is 0.618 bits per heavy atom. The van der Waals surface area contributed by atoms with E-state index in [-0.39, 0.29) is 18.5 Å². The fraction of sp³-hybridized carbons (Fsp3) is 0.943. The Morgan fingerprint density at radius 1 is 0.355 bits per heavy atom. The highest BCUT2D eigenvalue weighted by Crippen LogP contribution is 2.19. The van der Waals surface area contributed by atoms with Gasteiger partial charge in [0.15, 0.2) is 0 Å². The molecule has 0 spiro atoms. The molecule has 0 aliphatic rings. The Morgan fingerprint density at radius 3 is 0.934 bits per heavy atom. The Labute approximate surface area is 476 Å². The van der Waals surface area contributed by atoms with Crippen molar-refractivity contribution < 1.29 is 24.5 Å². The second-order valence-corrected chi connectivity index (χ2v) is 24.2. The van der Waals surface area contributed by atoms with Crippen LogP contribution in [0.2, 0.25) is 0 Å². The normalized spacial score (nSPS) is 12.5. The lowest BCUT2D eigenvalue weighted by atomic mass is 10.0. The van der Waals surface area contributed by atoms with Gasteiger partial charge in [0.25, 0.3) is 0 Å². The van der Waals surface area contributed by atoms with E-state index in [1.807, 2.05) is 0 Å². The Hall–Kier alpha value is -1.40. The van der Waals surface area contributed by atoms with Crippen LogP contribution in [-0.4, -0.2) is 47.4 Å². The van der Waals surface area contributed by atoms with Crippen LogP contribution in [0.15, 0.2) is 12.2 Å². The van der Waals surface area contributed by atoms with Gasteiger partial charge in [-0.15, -0.1) is 0 Å². The second kappa shape index (κ2) is 66.1. The van der Waals surface area contributed by atoms with E-state index in [0.717, 1.165) is 44.9 Å². The summed E-state index contributed by atoms with van der Waals surface area (Å²) in [5, 5.41) is 23.4. The third-order valence-electron chi connectivity index (χ3n) is 16.6. The number of aliphatic hydroxyl groups is 2. The second-order valence-electron chi connectivity index (χ2n) is 24.2. The minimum Gasteiger partial charge on any atom is -0.466 e. The molecule has 6 heteroatoms. The molecule has 452 valence electrons. The largest absolute Gasteiger partial charge is 0.466 e. The number of allylic oxidation sites excluding steroid dienone is 2. The van der Waals surface area contributed by atoms with Gasteiger partial charge in [-0.05, 0) is 51.4 Å². The van der Waals surface area contributed by atoms with Crippen LogP contribution in [0.3, 0.4) is 0 Å². The van der Waals surface area contributed by atoms with Crippen LogP contribution in [0.5, 0.6) is 0 Å². The number of carbonyl (C=O) groups excluding carboxylic acids is 2.